The number of nitrogens with zero attached hydrogens (tertiary/aromatic N) is 1. The zero-order valence-corrected chi connectivity index (χ0v) is 13.6. The van der Waals surface area contributed by atoms with Gasteiger partial charge in [0.25, 0.3) is 0 Å². The van der Waals surface area contributed by atoms with Crippen LogP contribution in [0, 0.1) is 18.3 Å². The molecule has 0 spiro atoms. The lowest BCUT2D eigenvalue weighted by molar-refractivity contribution is 0.159. The van der Waals surface area contributed by atoms with Crippen LogP contribution in [0.3, 0.4) is 0 Å². The van der Waals surface area contributed by atoms with Crippen molar-refractivity contribution in [3.05, 3.63) is 29.6 Å². The Morgan fingerprint density at radius 2 is 2.15 bits per heavy atom. The summed E-state index contributed by atoms with van der Waals surface area (Å²) in [5.74, 6) is 1.42. The van der Waals surface area contributed by atoms with E-state index in [2.05, 4.69) is 50.3 Å². The van der Waals surface area contributed by atoms with Gasteiger partial charge in [0.05, 0.1) is 0 Å². The molecule has 1 heterocycles. The maximum absolute atomic E-state index is 4.42. The Hall–Kier alpha value is -0.890. The summed E-state index contributed by atoms with van der Waals surface area (Å²) >= 11 is 0. The maximum Gasteiger partial charge on any atom is 0.0303 e. The number of pyridine rings is 1. The summed E-state index contributed by atoms with van der Waals surface area (Å²) in [6.07, 6.45) is 9.24. The number of aryl methyl sites for hydroxylation is 1. The molecular weight excluding hydrogens is 244 g/mol. The number of nitrogens with one attached hydrogen (secondary N) is 1. The van der Waals surface area contributed by atoms with Gasteiger partial charge >= 0.3 is 0 Å². The smallest absolute Gasteiger partial charge is 0.0303 e. The van der Waals surface area contributed by atoms with Crippen LogP contribution in [0.15, 0.2) is 18.5 Å². The van der Waals surface area contributed by atoms with Crippen LogP contribution in [-0.4, -0.2) is 18.1 Å². The molecule has 1 N–H and O–H groups in total. The first kappa shape index (κ1) is 15.5. The molecule has 1 aliphatic rings. The molecule has 0 radical (unpaired) electrons. The Morgan fingerprint density at radius 1 is 1.35 bits per heavy atom. The highest BCUT2D eigenvalue weighted by Gasteiger charge is 2.35. The summed E-state index contributed by atoms with van der Waals surface area (Å²) < 4.78 is 0. The molecule has 1 aromatic heterocycles. The van der Waals surface area contributed by atoms with Gasteiger partial charge in [-0.3, -0.25) is 4.98 Å². The number of aromatic nitrogens is 1. The first-order chi connectivity index (χ1) is 9.52. The van der Waals surface area contributed by atoms with E-state index in [9.17, 15) is 0 Å². The Balaban J connectivity index is 2.13. The largest absolute Gasteiger partial charge is 0.316 e. The van der Waals surface area contributed by atoms with Crippen molar-refractivity contribution in [3.8, 4) is 0 Å². The van der Waals surface area contributed by atoms with E-state index in [4.69, 9.17) is 0 Å². The lowest BCUT2D eigenvalue weighted by atomic mass is 9.65. The summed E-state index contributed by atoms with van der Waals surface area (Å²) in [4.78, 5) is 4.42. The first-order valence-corrected chi connectivity index (χ1v) is 8.14. The molecule has 0 amide bonds. The summed E-state index contributed by atoms with van der Waals surface area (Å²) in [6, 6.07) is 2.34. The second kappa shape index (κ2) is 6.71. The third kappa shape index (κ3) is 4.05. The van der Waals surface area contributed by atoms with Crippen LogP contribution in [0.25, 0.3) is 0 Å². The van der Waals surface area contributed by atoms with Crippen molar-refractivity contribution in [2.45, 2.75) is 59.3 Å². The van der Waals surface area contributed by atoms with E-state index in [0.29, 0.717) is 11.3 Å². The van der Waals surface area contributed by atoms with E-state index in [1.54, 1.807) is 0 Å². The van der Waals surface area contributed by atoms with Gasteiger partial charge in [0.2, 0.25) is 0 Å². The normalized spacial score (nSPS) is 25.6. The zero-order valence-electron chi connectivity index (χ0n) is 13.6. The second-order valence-electron chi connectivity index (χ2n) is 7.27. The van der Waals surface area contributed by atoms with Crippen molar-refractivity contribution in [2.24, 2.45) is 11.3 Å². The minimum absolute atomic E-state index is 0.468. The number of hydrogen-bond acceptors (Lipinski definition) is 2. The SMILES string of the molecule is CCCNCC1CCC(C)(C)CC1c1cncc(C)c1. The molecule has 1 fully saturated rings. The average molecular weight is 274 g/mol. The van der Waals surface area contributed by atoms with Crippen LogP contribution in [0.1, 0.15) is 63.5 Å². The Kier molecular flexibility index (Phi) is 5.20. The highest BCUT2D eigenvalue weighted by Crippen LogP contribution is 2.46. The molecule has 1 aromatic rings. The third-order valence-corrected chi connectivity index (χ3v) is 4.69. The molecule has 2 rings (SSSR count). The fourth-order valence-corrected chi connectivity index (χ4v) is 3.52. The molecule has 0 aliphatic heterocycles. The van der Waals surface area contributed by atoms with Gasteiger partial charge in [-0.05, 0) is 74.1 Å². The monoisotopic (exact) mass is 274 g/mol. The molecule has 0 saturated heterocycles. The topological polar surface area (TPSA) is 24.9 Å². The highest BCUT2D eigenvalue weighted by molar-refractivity contribution is 5.22. The van der Waals surface area contributed by atoms with Gasteiger partial charge in [-0.2, -0.15) is 0 Å². The fraction of sp³-hybridized carbons (Fsp3) is 0.722. The molecule has 20 heavy (non-hydrogen) atoms. The molecule has 2 unspecified atom stereocenters. The molecule has 0 aromatic carbocycles. The van der Waals surface area contributed by atoms with E-state index in [1.807, 2.05) is 6.20 Å². The highest BCUT2D eigenvalue weighted by atomic mass is 14.9. The zero-order chi connectivity index (χ0) is 14.6. The van der Waals surface area contributed by atoms with Crippen LogP contribution < -0.4 is 5.32 Å². The van der Waals surface area contributed by atoms with Gasteiger partial charge in [-0.25, -0.2) is 0 Å². The quantitative estimate of drug-likeness (QED) is 0.810. The van der Waals surface area contributed by atoms with Crippen molar-refractivity contribution in [2.75, 3.05) is 13.1 Å². The minimum Gasteiger partial charge on any atom is -0.316 e. The summed E-state index contributed by atoms with van der Waals surface area (Å²) in [5, 5.41) is 3.63. The Labute approximate surface area is 124 Å². The fourth-order valence-electron chi connectivity index (χ4n) is 3.52. The Morgan fingerprint density at radius 3 is 2.85 bits per heavy atom. The van der Waals surface area contributed by atoms with Crippen molar-refractivity contribution in [1.29, 1.82) is 0 Å². The van der Waals surface area contributed by atoms with E-state index in [1.165, 1.54) is 36.8 Å². The molecule has 2 nitrogen and oxygen atoms in total. The van der Waals surface area contributed by atoms with Gasteiger partial charge < -0.3 is 5.32 Å². The van der Waals surface area contributed by atoms with E-state index in [0.717, 1.165) is 19.0 Å². The molecule has 1 saturated carbocycles. The second-order valence-corrected chi connectivity index (χ2v) is 7.27. The predicted molar refractivity (Wildman–Crippen MR) is 86.0 cm³/mol. The minimum atomic E-state index is 0.468. The van der Waals surface area contributed by atoms with Crippen LogP contribution in [0.4, 0.5) is 0 Å². The van der Waals surface area contributed by atoms with Gasteiger partial charge in [0.15, 0.2) is 0 Å². The van der Waals surface area contributed by atoms with E-state index < -0.39 is 0 Å². The van der Waals surface area contributed by atoms with Crippen molar-refractivity contribution in [1.82, 2.24) is 10.3 Å². The lowest BCUT2D eigenvalue weighted by Crippen LogP contribution is -2.35. The van der Waals surface area contributed by atoms with Gasteiger partial charge in [0.1, 0.15) is 0 Å². The first-order valence-electron chi connectivity index (χ1n) is 8.14. The molecule has 2 heteroatoms. The molecule has 0 bridgehead atoms. The lowest BCUT2D eigenvalue weighted by Gasteiger charge is -2.41. The average Bonchev–Trinajstić information content (AvgIpc) is 2.40. The molecular formula is C18H30N2. The standard InChI is InChI=1S/C18H30N2/c1-5-8-19-12-15-6-7-18(3,4)10-17(15)16-9-14(2)11-20-13-16/h9,11,13,15,17,19H,5-8,10,12H2,1-4H3. The summed E-state index contributed by atoms with van der Waals surface area (Å²) in [5.41, 5.74) is 3.20. The van der Waals surface area contributed by atoms with Crippen molar-refractivity contribution >= 4 is 0 Å². The number of rotatable bonds is 5. The summed E-state index contributed by atoms with van der Waals surface area (Å²) in [6.45, 7) is 11.5. The van der Waals surface area contributed by atoms with E-state index in [-0.39, 0.29) is 0 Å². The Bertz CT molecular complexity index is 425. The summed E-state index contributed by atoms with van der Waals surface area (Å²) in [7, 11) is 0. The van der Waals surface area contributed by atoms with Crippen LogP contribution in [0.5, 0.6) is 0 Å². The van der Waals surface area contributed by atoms with Crippen LogP contribution >= 0.6 is 0 Å². The molecule has 1 aliphatic carbocycles. The van der Waals surface area contributed by atoms with E-state index >= 15 is 0 Å². The van der Waals surface area contributed by atoms with Gasteiger partial charge in [0, 0.05) is 12.4 Å². The predicted octanol–water partition coefficient (Wildman–Crippen LogP) is 4.30. The number of hydrogen-bond donors (Lipinski definition) is 1. The van der Waals surface area contributed by atoms with Crippen molar-refractivity contribution in [3.63, 3.8) is 0 Å². The molecule has 112 valence electrons. The van der Waals surface area contributed by atoms with Gasteiger partial charge in [-0.15, -0.1) is 0 Å². The van der Waals surface area contributed by atoms with Crippen LogP contribution in [-0.2, 0) is 0 Å². The third-order valence-electron chi connectivity index (χ3n) is 4.69. The van der Waals surface area contributed by atoms with Gasteiger partial charge in [-0.1, -0.05) is 26.8 Å². The van der Waals surface area contributed by atoms with Crippen LogP contribution in [0.2, 0.25) is 0 Å². The molecule has 2 atom stereocenters. The maximum atomic E-state index is 4.42. The van der Waals surface area contributed by atoms with Crippen molar-refractivity contribution < 1.29 is 0 Å².